The van der Waals surface area contributed by atoms with Crippen molar-refractivity contribution in [1.82, 2.24) is 0 Å². The molecule has 1 rings (SSSR count). The maximum Gasteiger partial charge on any atom is 0.153 e. The lowest BCUT2D eigenvalue weighted by atomic mass is 10.1. The smallest absolute Gasteiger partial charge is 0.153 e. The summed E-state index contributed by atoms with van der Waals surface area (Å²) < 4.78 is 5.55. The molecule has 0 bridgehead atoms. The molecule has 0 N–H and O–H groups in total. The molecule has 0 amide bonds. The Hall–Kier alpha value is -0.700. The second-order valence-corrected chi connectivity index (χ2v) is 4.45. The minimum Gasteiger partial charge on any atom is -0.366 e. The first kappa shape index (κ1) is 11.4. The van der Waals surface area contributed by atoms with Crippen LogP contribution >= 0.6 is 0 Å². The Labute approximate surface area is 84.8 Å². The van der Waals surface area contributed by atoms with E-state index in [1.807, 2.05) is 13.8 Å². The van der Waals surface area contributed by atoms with Gasteiger partial charge in [0.05, 0.1) is 5.92 Å². The summed E-state index contributed by atoms with van der Waals surface area (Å²) in [4.78, 5) is 21.7. The van der Waals surface area contributed by atoms with Gasteiger partial charge < -0.3 is 14.3 Å². The van der Waals surface area contributed by atoms with Crippen LogP contribution in [0.1, 0.15) is 33.6 Å². The van der Waals surface area contributed by atoms with Crippen LogP contribution < -0.4 is 0 Å². The summed E-state index contributed by atoms with van der Waals surface area (Å²) in [5.74, 6) is -0.274. The number of rotatable bonds is 6. The van der Waals surface area contributed by atoms with Gasteiger partial charge in [0, 0.05) is 12.0 Å². The average molecular weight is 198 g/mol. The van der Waals surface area contributed by atoms with Gasteiger partial charge in [-0.1, -0.05) is 27.2 Å². The Morgan fingerprint density at radius 1 is 1.36 bits per heavy atom. The monoisotopic (exact) mass is 198 g/mol. The number of unbranched alkanes of at least 4 members (excludes halogenated alkanes) is 1. The highest BCUT2D eigenvalue weighted by Crippen LogP contribution is 2.61. The predicted octanol–water partition coefficient (Wildman–Crippen LogP) is 1.60. The van der Waals surface area contributed by atoms with Gasteiger partial charge in [0.1, 0.15) is 11.9 Å². The molecule has 2 unspecified atom stereocenters. The molecular formula is C11H18O3. The van der Waals surface area contributed by atoms with Crippen LogP contribution in [-0.2, 0) is 14.3 Å². The van der Waals surface area contributed by atoms with Crippen molar-refractivity contribution in [1.29, 1.82) is 0 Å². The van der Waals surface area contributed by atoms with Gasteiger partial charge in [0.2, 0.25) is 0 Å². The maximum absolute atomic E-state index is 11.0. The standard InChI is InChI=1S/C11H18O3/c1-4-5-6-14-11(8-13)9(7-12)10(11,2)3/h7-9H,4-6H2,1-3H3. The second-order valence-electron chi connectivity index (χ2n) is 4.45. The van der Waals surface area contributed by atoms with Crippen molar-refractivity contribution in [2.75, 3.05) is 6.61 Å². The van der Waals surface area contributed by atoms with Gasteiger partial charge in [0.25, 0.3) is 0 Å². The fourth-order valence-electron chi connectivity index (χ4n) is 1.99. The van der Waals surface area contributed by atoms with Gasteiger partial charge in [0.15, 0.2) is 6.29 Å². The molecule has 3 heteroatoms. The Morgan fingerprint density at radius 2 is 2.00 bits per heavy atom. The van der Waals surface area contributed by atoms with Crippen molar-refractivity contribution in [3.8, 4) is 0 Å². The number of hydrogen-bond donors (Lipinski definition) is 0. The minimum atomic E-state index is -0.843. The van der Waals surface area contributed by atoms with Crippen LogP contribution in [0.4, 0.5) is 0 Å². The van der Waals surface area contributed by atoms with E-state index in [1.165, 1.54) is 0 Å². The van der Waals surface area contributed by atoms with Crippen LogP contribution in [0.15, 0.2) is 0 Å². The van der Waals surface area contributed by atoms with E-state index in [2.05, 4.69) is 6.92 Å². The quantitative estimate of drug-likeness (QED) is 0.481. The van der Waals surface area contributed by atoms with E-state index < -0.39 is 5.60 Å². The minimum absolute atomic E-state index is 0.274. The Kier molecular flexibility index (Phi) is 3.10. The molecule has 3 nitrogen and oxygen atoms in total. The zero-order valence-electron chi connectivity index (χ0n) is 9.08. The number of hydrogen-bond acceptors (Lipinski definition) is 3. The molecule has 0 heterocycles. The Balaban J connectivity index is 2.61. The summed E-state index contributed by atoms with van der Waals surface area (Å²) in [7, 11) is 0. The molecule has 2 atom stereocenters. The lowest BCUT2D eigenvalue weighted by Crippen LogP contribution is -2.24. The molecule has 1 saturated carbocycles. The molecule has 1 aliphatic carbocycles. The van der Waals surface area contributed by atoms with Crippen molar-refractivity contribution >= 4 is 12.6 Å². The van der Waals surface area contributed by atoms with Gasteiger partial charge in [-0.2, -0.15) is 0 Å². The highest BCUT2D eigenvalue weighted by Gasteiger charge is 2.73. The summed E-state index contributed by atoms with van der Waals surface area (Å²) >= 11 is 0. The molecular weight excluding hydrogens is 180 g/mol. The largest absolute Gasteiger partial charge is 0.366 e. The normalized spacial score (nSPS) is 33.8. The third-order valence-electron chi connectivity index (χ3n) is 3.31. The molecule has 0 aromatic carbocycles. The number of ether oxygens (including phenoxy) is 1. The van der Waals surface area contributed by atoms with E-state index in [1.54, 1.807) is 0 Å². The summed E-state index contributed by atoms with van der Waals surface area (Å²) in [5, 5.41) is 0. The van der Waals surface area contributed by atoms with Crippen molar-refractivity contribution in [2.24, 2.45) is 11.3 Å². The van der Waals surface area contributed by atoms with E-state index in [-0.39, 0.29) is 11.3 Å². The second kappa shape index (κ2) is 3.81. The summed E-state index contributed by atoms with van der Waals surface area (Å²) in [6, 6.07) is 0. The lowest BCUT2D eigenvalue weighted by Gasteiger charge is -2.13. The fraction of sp³-hybridized carbons (Fsp3) is 0.818. The van der Waals surface area contributed by atoms with Crippen molar-refractivity contribution in [3.63, 3.8) is 0 Å². The van der Waals surface area contributed by atoms with E-state index >= 15 is 0 Å². The summed E-state index contributed by atoms with van der Waals surface area (Å²) in [5.41, 5.74) is -1.17. The first-order chi connectivity index (χ1) is 6.56. The molecule has 1 fully saturated rings. The number of carbonyl (C=O) groups excluding carboxylic acids is 2. The van der Waals surface area contributed by atoms with Crippen molar-refractivity contribution < 1.29 is 14.3 Å². The Morgan fingerprint density at radius 3 is 2.36 bits per heavy atom. The molecule has 1 aliphatic rings. The first-order valence-electron chi connectivity index (χ1n) is 5.12. The third-order valence-corrected chi connectivity index (χ3v) is 3.31. The van der Waals surface area contributed by atoms with Crippen LogP contribution in [-0.4, -0.2) is 24.8 Å². The maximum atomic E-state index is 11.0. The van der Waals surface area contributed by atoms with Gasteiger partial charge in [-0.3, -0.25) is 0 Å². The molecule has 0 saturated heterocycles. The molecule has 14 heavy (non-hydrogen) atoms. The lowest BCUT2D eigenvalue weighted by molar-refractivity contribution is -0.126. The Bertz CT molecular complexity index is 235. The summed E-state index contributed by atoms with van der Waals surface area (Å²) in [6.45, 7) is 6.41. The van der Waals surface area contributed by atoms with E-state index in [0.717, 1.165) is 25.4 Å². The molecule has 0 aromatic rings. The van der Waals surface area contributed by atoms with E-state index in [0.29, 0.717) is 6.61 Å². The summed E-state index contributed by atoms with van der Waals surface area (Å²) in [6.07, 6.45) is 3.58. The van der Waals surface area contributed by atoms with Crippen molar-refractivity contribution in [3.05, 3.63) is 0 Å². The molecule has 0 aliphatic heterocycles. The topological polar surface area (TPSA) is 43.4 Å². The van der Waals surface area contributed by atoms with Gasteiger partial charge >= 0.3 is 0 Å². The van der Waals surface area contributed by atoms with Crippen LogP contribution in [0, 0.1) is 11.3 Å². The van der Waals surface area contributed by atoms with E-state index in [9.17, 15) is 9.59 Å². The first-order valence-corrected chi connectivity index (χ1v) is 5.12. The zero-order chi connectivity index (χ0) is 10.8. The van der Waals surface area contributed by atoms with Gasteiger partial charge in [-0.05, 0) is 6.42 Å². The molecule has 0 radical (unpaired) electrons. The number of carbonyl (C=O) groups is 2. The number of aldehydes is 2. The molecule has 0 spiro atoms. The SMILES string of the molecule is CCCCOC1(C=O)C(C=O)C1(C)C. The van der Waals surface area contributed by atoms with Crippen LogP contribution in [0.2, 0.25) is 0 Å². The van der Waals surface area contributed by atoms with Gasteiger partial charge in [-0.25, -0.2) is 0 Å². The third kappa shape index (κ3) is 1.40. The van der Waals surface area contributed by atoms with Crippen LogP contribution in [0.25, 0.3) is 0 Å². The van der Waals surface area contributed by atoms with Gasteiger partial charge in [-0.15, -0.1) is 0 Å². The average Bonchev–Trinajstić information content (AvgIpc) is 2.63. The van der Waals surface area contributed by atoms with Crippen LogP contribution in [0.5, 0.6) is 0 Å². The fourth-order valence-corrected chi connectivity index (χ4v) is 1.99. The molecule has 0 aromatic heterocycles. The zero-order valence-corrected chi connectivity index (χ0v) is 9.08. The highest BCUT2D eigenvalue weighted by molar-refractivity contribution is 5.82. The highest BCUT2D eigenvalue weighted by atomic mass is 16.5. The predicted molar refractivity (Wildman–Crippen MR) is 53.0 cm³/mol. The van der Waals surface area contributed by atoms with Crippen molar-refractivity contribution in [2.45, 2.75) is 39.2 Å². The van der Waals surface area contributed by atoms with Crippen LogP contribution in [0.3, 0.4) is 0 Å². The van der Waals surface area contributed by atoms with E-state index in [4.69, 9.17) is 4.74 Å². The molecule has 80 valence electrons.